The van der Waals surface area contributed by atoms with E-state index in [-0.39, 0.29) is 5.69 Å². The number of halogens is 3. The zero-order valence-electron chi connectivity index (χ0n) is 7.91. The zero-order valence-corrected chi connectivity index (χ0v) is 9.50. The standard InChI is InChI=1S/C9H8BrF2N3/c1-2-6-7(8(11)12)15-4-13-3-5(10)9(15)14-6/h3-4,8H,2H2,1H3. The maximum absolute atomic E-state index is 12.8. The van der Waals surface area contributed by atoms with E-state index in [4.69, 9.17) is 0 Å². The van der Waals surface area contributed by atoms with Crippen LogP contribution in [0.15, 0.2) is 17.0 Å². The molecule has 15 heavy (non-hydrogen) atoms. The van der Waals surface area contributed by atoms with E-state index >= 15 is 0 Å². The number of fused-ring (bicyclic) bond motifs is 1. The summed E-state index contributed by atoms with van der Waals surface area (Å²) in [4.78, 5) is 7.99. The number of hydrogen-bond donors (Lipinski definition) is 0. The molecule has 80 valence electrons. The second-order valence-corrected chi connectivity index (χ2v) is 3.89. The van der Waals surface area contributed by atoms with Gasteiger partial charge in [0.1, 0.15) is 12.0 Å². The Hall–Kier alpha value is -1.04. The average Bonchev–Trinajstić information content (AvgIpc) is 2.57. The Morgan fingerprint density at radius 2 is 2.27 bits per heavy atom. The molecule has 0 bridgehead atoms. The van der Waals surface area contributed by atoms with Gasteiger partial charge in [0.2, 0.25) is 0 Å². The van der Waals surface area contributed by atoms with E-state index in [0.29, 0.717) is 22.2 Å². The maximum atomic E-state index is 12.8. The molecule has 0 atom stereocenters. The van der Waals surface area contributed by atoms with Crippen molar-refractivity contribution < 1.29 is 8.78 Å². The van der Waals surface area contributed by atoms with Crippen LogP contribution < -0.4 is 0 Å². The lowest BCUT2D eigenvalue weighted by atomic mass is 10.3. The summed E-state index contributed by atoms with van der Waals surface area (Å²) in [5, 5.41) is 0. The average molecular weight is 276 g/mol. The minimum Gasteiger partial charge on any atom is -0.280 e. The quantitative estimate of drug-likeness (QED) is 0.844. The van der Waals surface area contributed by atoms with Crippen LogP contribution in [0.4, 0.5) is 8.78 Å². The number of alkyl halides is 2. The van der Waals surface area contributed by atoms with E-state index < -0.39 is 6.43 Å². The predicted molar refractivity (Wildman–Crippen MR) is 55.0 cm³/mol. The Morgan fingerprint density at radius 1 is 1.53 bits per heavy atom. The molecular formula is C9H8BrF2N3. The van der Waals surface area contributed by atoms with Gasteiger partial charge in [-0.2, -0.15) is 0 Å². The monoisotopic (exact) mass is 275 g/mol. The Labute approximate surface area is 93.3 Å². The molecule has 2 aromatic heterocycles. The van der Waals surface area contributed by atoms with E-state index in [1.165, 1.54) is 16.9 Å². The Bertz CT molecular complexity index is 495. The Kier molecular flexibility index (Phi) is 2.68. The van der Waals surface area contributed by atoms with Crippen molar-refractivity contribution in [3.63, 3.8) is 0 Å². The van der Waals surface area contributed by atoms with Gasteiger partial charge in [0, 0.05) is 6.20 Å². The summed E-state index contributed by atoms with van der Waals surface area (Å²) in [5.41, 5.74) is 0.831. The van der Waals surface area contributed by atoms with Gasteiger partial charge in [0.05, 0.1) is 10.2 Å². The fraction of sp³-hybridized carbons (Fsp3) is 0.333. The molecule has 0 saturated carbocycles. The fourth-order valence-corrected chi connectivity index (χ4v) is 1.89. The number of rotatable bonds is 2. The fourth-order valence-electron chi connectivity index (χ4n) is 1.49. The third-order valence-corrected chi connectivity index (χ3v) is 2.71. The number of nitrogens with zero attached hydrogens (tertiary/aromatic N) is 3. The topological polar surface area (TPSA) is 30.2 Å². The molecule has 0 fully saturated rings. The summed E-state index contributed by atoms with van der Waals surface area (Å²) in [6.45, 7) is 1.80. The smallest absolute Gasteiger partial charge is 0.280 e. The molecule has 0 N–H and O–H groups in total. The van der Waals surface area contributed by atoms with Gasteiger partial charge in [0.15, 0.2) is 5.65 Å². The Balaban J connectivity index is 2.80. The number of aryl methyl sites for hydroxylation is 1. The summed E-state index contributed by atoms with van der Waals surface area (Å²) < 4.78 is 27.6. The molecule has 6 heteroatoms. The molecule has 3 nitrogen and oxygen atoms in total. The highest BCUT2D eigenvalue weighted by Crippen LogP contribution is 2.27. The SMILES string of the molecule is CCc1nc2c(Br)cncn2c1C(F)F. The summed E-state index contributed by atoms with van der Waals surface area (Å²) in [6.07, 6.45) is 0.838. The van der Waals surface area contributed by atoms with Crippen molar-refractivity contribution >= 4 is 21.6 Å². The molecule has 2 aromatic rings. The molecule has 0 saturated heterocycles. The number of imidazole rings is 1. The molecule has 0 aliphatic carbocycles. The van der Waals surface area contributed by atoms with Crippen LogP contribution in [0.1, 0.15) is 24.7 Å². The second-order valence-electron chi connectivity index (χ2n) is 3.03. The highest BCUT2D eigenvalue weighted by molar-refractivity contribution is 9.10. The first-order chi connectivity index (χ1) is 7.15. The third-order valence-electron chi connectivity index (χ3n) is 2.15. The molecule has 0 aromatic carbocycles. The van der Waals surface area contributed by atoms with Crippen LogP contribution in [0.3, 0.4) is 0 Å². The van der Waals surface area contributed by atoms with E-state index in [2.05, 4.69) is 25.9 Å². The minimum absolute atomic E-state index is 0.0682. The number of hydrogen-bond acceptors (Lipinski definition) is 2. The van der Waals surface area contributed by atoms with E-state index in [1.54, 1.807) is 6.92 Å². The van der Waals surface area contributed by atoms with Crippen molar-refractivity contribution in [1.82, 2.24) is 14.4 Å². The van der Waals surface area contributed by atoms with Gasteiger partial charge in [-0.05, 0) is 22.4 Å². The first-order valence-corrected chi connectivity index (χ1v) is 5.23. The molecule has 2 heterocycles. The van der Waals surface area contributed by atoms with Crippen molar-refractivity contribution in [2.24, 2.45) is 0 Å². The van der Waals surface area contributed by atoms with Crippen LogP contribution in [0.5, 0.6) is 0 Å². The van der Waals surface area contributed by atoms with Gasteiger partial charge in [-0.25, -0.2) is 18.7 Å². The normalized spacial score (nSPS) is 11.5. The first-order valence-electron chi connectivity index (χ1n) is 4.43. The lowest BCUT2D eigenvalue weighted by Crippen LogP contribution is -1.97. The summed E-state index contributed by atoms with van der Waals surface area (Å²) in [6, 6.07) is 0. The highest BCUT2D eigenvalue weighted by atomic mass is 79.9. The van der Waals surface area contributed by atoms with Crippen LogP contribution in [0, 0.1) is 0 Å². The molecule has 0 radical (unpaired) electrons. The van der Waals surface area contributed by atoms with Crippen LogP contribution in [0.2, 0.25) is 0 Å². The van der Waals surface area contributed by atoms with Crippen LogP contribution >= 0.6 is 15.9 Å². The van der Waals surface area contributed by atoms with Gasteiger partial charge in [-0.1, -0.05) is 6.92 Å². The molecular weight excluding hydrogens is 268 g/mol. The second kappa shape index (κ2) is 3.84. The summed E-state index contributed by atoms with van der Waals surface area (Å²) >= 11 is 3.23. The molecule has 2 rings (SSSR count). The number of aromatic nitrogens is 3. The first kappa shape index (κ1) is 10.5. The molecule has 0 aliphatic rings. The van der Waals surface area contributed by atoms with Crippen LogP contribution in [0.25, 0.3) is 5.65 Å². The summed E-state index contributed by atoms with van der Waals surface area (Å²) in [5.74, 6) is 0. The molecule has 0 unspecified atom stereocenters. The van der Waals surface area contributed by atoms with Crippen molar-refractivity contribution in [3.8, 4) is 0 Å². The van der Waals surface area contributed by atoms with Gasteiger partial charge < -0.3 is 0 Å². The van der Waals surface area contributed by atoms with E-state index in [0.717, 1.165) is 0 Å². The van der Waals surface area contributed by atoms with Crippen molar-refractivity contribution in [2.75, 3.05) is 0 Å². The predicted octanol–water partition coefficient (Wildman–Crippen LogP) is 2.99. The van der Waals surface area contributed by atoms with Crippen molar-refractivity contribution in [3.05, 3.63) is 28.4 Å². The van der Waals surface area contributed by atoms with Gasteiger partial charge in [-0.3, -0.25) is 4.40 Å². The van der Waals surface area contributed by atoms with Gasteiger partial charge >= 0.3 is 0 Å². The zero-order chi connectivity index (χ0) is 11.0. The Morgan fingerprint density at radius 3 is 2.87 bits per heavy atom. The highest BCUT2D eigenvalue weighted by Gasteiger charge is 2.20. The van der Waals surface area contributed by atoms with Crippen LogP contribution in [-0.2, 0) is 6.42 Å². The van der Waals surface area contributed by atoms with Crippen molar-refractivity contribution in [1.29, 1.82) is 0 Å². The third kappa shape index (κ3) is 1.62. The van der Waals surface area contributed by atoms with E-state index in [1.807, 2.05) is 0 Å². The maximum Gasteiger partial charge on any atom is 0.280 e. The van der Waals surface area contributed by atoms with Crippen molar-refractivity contribution in [2.45, 2.75) is 19.8 Å². The molecule has 0 amide bonds. The lowest BCUT2D eigenvalue weighted by Gasteiger charge is -2.01. The van der Waals surface area contributed by atoms with Gasteiger partial charge in [0.25, 0.3) is 6.43 Å². The van der Waals surface area contributed by atoms with Crippen LogP contribution in [-0.4, -0.2) is 14.4 Å². The largest absolute Gasteiger partial charge is 0.280 e. The summed E-state index contributed by atoms with van der Waals surface area (Å²) in [7, 11) is 0. The lowest BCUT2D eigenvalue weighted by molar-refractivity contribution is 0.143. The minimum atomic E-state index is -2.54. The van der Waals surface area contributed by atoms with E-state index in [9.17, 15) is 8.78 Å². The van der Waals surface area contributed by atoms with Gasteiger partial charge in [-0.15, -0.1) is 0 Å². The molecule has 0 aliphatic heterocycles. The molecule has 0 spiro atoms.